The van der Waals surface area contributed by atoms with E-state index in [-0.39, 0.29) is 5.97 Å². The molecule has 4 heteroatoms. The maximum absolute atomic E-state index is 11.8. The predicted octanol–water partition coefficient (Wildman–Crippen LogP) is 5.24. The third kappa shape index (κ3) is 8.64. The van der Waals surface area contributed by atoms with Gasteiger partial charge < -0.3 is 4.74 Å². The van der Waals surface area contributed by atoms with Gasteiger partial charge in [-0.2, -0.15) is 0 Å². The molecule has 0 atom stereocenters. The van der Waals surface area contributed by atoms with Gasteiger partial charge in [0.2, 0.25) is 0 Å². The standard InChI is InChI=1S/C15H28O2S2/c1-5-6-7-8-9-10-11-12-13(14(16)17-2)15(18-3)19-4/h5-12H2,1-4H3. The second-order valence-corrected chi connectivity index (χ2v) is 6.43. The van der Waals surface area contributed by atoms with Crippen LogP contribution in [0, 0.1) is 0 Å². The molecule has 2 nitrogen and oxygen atoms in total. The lowest BCUT2D eigenvalue weighted by Gasteiger charge is -2.10. The number of carbonyl (C=O) groups excluding carboxylic acids is 1. The van der Waals surface area contributed by atoms with Crippen molar-refractivity contribution in [2.24, 2.45) is 0 Å². The van der Waals surface area contributed by atoms with Gasteiger partial charge in [0.1, 0.15) is 0 Å². The monoisotopic (exact) mass is 304 g/mol. The van der Waals surface area contributed by atoms with E-state index in [0.29, 0.717) is 0 Å². The molecule has 0 rings (SSSR count). The largest absolute Gasteiger partial charge is 0.466 e. The first kappa shape index (κ1) is 18.9. The summed E-state index contributed by atoms with van der Waals surface area (Å²) in [5, 5.41) is 0. The van der Waals surface area contributed by atoms with Crippen molar-refractivity contribution < 1.29 is 9.53 Å². The normalized spacial score (nSPS) is 10.3. The number of rotatable bonds is 11. The van der Waals surface area contributed by atoms with Crippen molar-refractivity contribution in [2.75, 3.05) is 19.6 Å². The molecule has 0 aliphatic carbocycles. The van der Waals surface area contributed by atoms with Crippen LogP contribution in [0.15, 0.2) is 9.81 Å². The van der Waals surface area contributed by atoms with E-state index in [4.69, 9.17) is 4.74 Å². The molecule has 0 aromatic heterocycles. The summed E-state index contributed by atoms with van der Waals surface area (Å²) < 4.78 is 5.98. The molecule has 0 aromatic carbocycles. The summed E-state index contributed by atoms with van der Waals surface area (Å²) in [7, 11) is 1.46. The Kier molecular flexibility index (Phi) is 12.9. The first-order valence-corrected chi connectivity index (χ1v) is 9.55. The van der Waals surface area contributed by atoms with Crippen LogP contribution in [0.25, 0.3) is 0 Å². The fourth-order valence-electron chi connectivity index (χ4n) is 2.00. The van der Waals surface area contributed by atoms with E-state index in [1.54, 1.807) is 23.5 Å². The number of thioether (sulfide) groups is 2. The fourth-order valence-corrected chi connectivity index (χ4v) is 3.53. The quantitative estimate of drug-likeness (QED) is 0.296. The summed E-state index contributed by atoms with van der Waals surface area (Å²) in [6, 6.07) is 0. The molecule has 0 N–H and O–H groups in total. The average molecular weight is 305 g/mol. The SMILES string of the molecule is CCCCCCCCCC(C(=O)OC)=C(SC)SC. The molecule has 0 aromatic rings. The van der Waals surface area contributed by atoms with E-state index in [1.165, 1.54) is 45.6 Å². The summed E-state index contributed by atoms with van der Waals surface area (Å²) in [6.45, 7) is 2.24. The van der Waals surface area contributed by atoms with Crippen LogP contribution in [-0.4, -0.2) is 25.6 Å². The summed E-state index contributed by atoms with van der Waals surface area (Å²) in [6.07, 6.45) is 13.7. The van der Waals surface area contributed by atoms with Gasteiger partial charge in [-0.1, -0.05) is 45.4 Å². The number of ether oxygens (including phenoxy) is 1. The van der Waals surface area contributed by atoms with Crippen LogP contribution >= 0.6 is 23.5 Å². The first-order valence-electron chi connectivity index (χ1n) is 7.10. The Morgan fingerprint density at radius 3 is 1.95 bits per heavy atom. The highest BCUT2D eigenvalue weighted by Gasteiger charge is 2.14. The zero-order chi connectivity index (χ0) is 14.5. The van der Waals surface area contributed by atoms with E-state index in [1.807, 2.05) is 12.5 Å². The van der Waals surface area contributed by atoms with Crippen LogP contribution in [0.4, 0.5) is 0 Å². The smallest absolute Gasteiger partial charge is 0.335 e. The van der Waals surface area contributed by atoms with Gasteiger partial charge in [-0.15, -0.1) is 23.5 Å². The molecule has 19 heavy (non-hydrogen) atoms. The Balaban J connectivity index is 4.08. The van der Waals surface area contributed by atoms with E-state index in [0.717, 1.165) is 22.7 Å². The number of hydrogen-bond acceptors (Lipinski definition) is 4. The Bertz CT molecular complexity index is 269. The molecule has 0 aliphatic rings. The molecule has 0 amide bonds. The molecule has 0 radical (unpaired) electrons. The second kappa shape index (κ2) is 12.9. The fraction of sp³-hybridized carbons (Fsp3) is 0.800. The Labute approximate surface area is 127 Å². The highest BCUT2D eigenvalue weighted by atomic mass is 32.2. The van der Waals surface area contributed by atoms with Gasteiger partial charge in [0, 0.05) is 0 Å². The molecular formula is C15H28O2S2. The molecule has 0 heterocycles. The number of hydrogen-bond donors (Lipinski definition) is 0. The first-order chi connectivity index (χ1) is 9.21. The maximum atomic E-state index is 11.8. The number of methoxy groups -OCH3 is 1. The van der Waals surface area contributed by atoms with Crippen LogP contribution in [0.5, 0.6) is 0 Å². The summed E-state index contributed by atoms with van der Waals surface area (Å²) in [4.78, 5) is 11.8. The third-order valence-electron chi connectivity index (χ3n) is 3.08. The number of carbonyl (C=O) groups is 1. The maximum Gasteiger partial charge on any atom is 0.335 e. The molecule has 0 fully saturated rings. The minimum Gasteiger partial charge on any atom is -0.466 e. The van der Waals surface area contributed by atoms with Gasteiger partial charge in [-0.3, -0.25) is 0 Å². The zero-order valence-electron chi connectivity index (χ0n) is 12.8. The van der Waals surface area contributed by atoms with E-state index in [9.17, 15) is 4.79 Å². The summed E-state index contributed by atoms with van der Waals surface area (Å²) in [5.74, 6) is -0.162. The van der Waals surface area contributed by atoms with E-state index >= 15 is 0 Å². The third-order valence-corrected chi connectivity index (χ3v) is 5.31. The van der Waals surface area contributed by atoms with Crippen LogP contribution in [0.2, 0.25) is 0 Å². The minimum atomic E-state index is -0.162. The van der Waals surface area contributed by atoms with Gasteiger partial charge >= 0.3 is 5.97 Å². The highest BCUT2D eigenvalue weighted by molar-refractivity contribution is 8.21. The highest BCUT2D eigenvalue weighted by Crippen LogP contribution is 2.30. The van der Waals surface area contributed by atoms with Crippen molar-refractivity contribution in [1.29, 1.82) is 0 Å². The number of esters is 1. The van der Waals surface area contributed by atoms with Crippen LogP contribution < -0.4 is 0 Å². The number of unbranched alkanes of at least 4 members (excludes halogenated alkanes) is 6. The topological polar surface area (TPSA) is 26.3 Å². The lowest BCUT2D eigenvalue weighted by molar-refractivity contribution is -0.136. The predicted molar refractivity (Wildman–Crippen MR) is 88.7 cm³/mol. The van der Waals surface area contributed by atoms with Gasteiger partial charge in [0.25, 0.3) is 0 Å². The molecule has 112 valence electrons. The lowest BCUT2D eigenvalue weighted by Crippen LogP contribution is -2.06. The Morgan fingerprint density at radius 1 is 0.947 bits per heavy atom. The zero-order valence-corrected chi connectivity index (χ0v) is 14.4. The Morgan fingerprint density at radius 2 is 1.47 bits per heavy atom. The summed E-state index contributed by atoms with van der Waals surface area (Å²) in [5.41, 5.74) is 0.857. The van der Waals surface area contributed by atoms with Crippen molar-refractivity contribution in [3.05, 3.63) is 9.81 Å². The van der Waals surface area contributed by atoms with E-state index < -0.39 is 0 Å². The van der Waals surface area contributed by atoms with Gasteiger partial charge in [-0.05, 0) is 25.4 Å². The van der Waals surface area contributed by atoms with Crippen molar-refractivity contribution in [1.82, 2.24) is 0 Å². The van der Waals surface area contributed by atoms with Crippen LogP contribution in [0.1, 0.15) is 58.3 Å². The van der Waals surface area contributed by atoms with Crippen molar-refractivity contribution >= 4 is 29.5 Å². The van der Waals surface area contributed by atoms with Crippen LogP contribution in [0.3, 0.4) is 0 Å². The van der Waals surface area contributed by atoms with Gasteiger partial charge in [0.15, 0.2) is 0 Å². The van der Waals surface area contributed by atoms with Crippen molar-refractivity contribution in [2.45, 2.75) is 58.3 Å². The average Bonchev–Trinajstić information content (AvgIpc) is 2.44. The molecule has 0 saturated heterocycles. The van der Waals surface area contributed by atoms with Gasteiger partial charge in [0.05, 0.1) is 16.9 Å². The molecule has 0 spiro atoms. The second-order valence-electron chi connectivity index (χ2n) is 4.54. The van der Waals surface area contributed by atoms with E-state index in [2.05, 4.69) is 6.92 Å². The molecule has 0 aliphatic heterocycles. The molecule has 0 unspecified atom stereocenters. The van der Waals surface area contributed by atoms with Crippen molar-refractivity contribution in [3.8, 4) is 0 Å². The Hall–Kier alpha value is -0.0900. The van der Waals surface area contributed by atoms with Gasteiger partial charge in [-0.25, -0.2) is 4.79 Å². The molecule has 0 saturated carbocycles. The minimum absolute atomic E-state index is 0.162. The summed E-state index contributed by atoms with van der Waals surface area (Å²) >= 11 is 3.28. The lowest BCUT2D eigenvalue weighted by atomic mass is 10.1. The van der Waals surface area contributed by atoms with Crippen molar-refractivity contribution in [3.63, 3.8) is 0 Å². The van der Waals surface area contributed by atoms with Crippen LogP contribution in [-0.2, 0) is 9.53 Å². The molecule has 0 bridgehead atoms. The molecular weight excluding hydrogens is 276 g/mol.